The molecule has 0 spiro atoms. The average molecular weight is 359 g/mol. The molecule has 132 valence electrons. The Morgan fingerprint density at radius 1 is 1.24 bits per heavy atom. The van der Waals surface area contributed by atoms with E-state index in [2.05, 4.69) is 22.4 Å². The van der Waals surface area contributed by atoms with Gasteiger partial charge in [0.05, 0.1) is 17.8 Å². The number of hydrogen-bond donors (Lipinski definition) is 1. The fourth-order valence-electron chi connectivity index (χ4n) is 4.17. The summed E-state index contributed by atoms with van der Waals surface area (Å²) in [6, 6.07) is 9.29. The molecular weight excluding hydrogens is 336 g/mol. The molecule has 2 aliphatic rings. The van der Waals surface area contributed by atoms with Crippen LogP contribution in [0.4, 0.5) is 0 Å². The van der Waals surface area contributed by atoms with E-state index in [1.54, 1.807) is 17.1 Å². The second kappa shape index (κ2) is 6.81. The molecule has 6 heteroatoms. The molecule has 25 heavy (non-hydrogen) atoms. The van der Waals surface area contributed by atoms with Crippen molar-refractivity contribution in [2.75, 3.05) is 7.05 Å². The summed E-state index contributed by atoms with van der Waals surface area (Å²) < 4.78 is 1.78. The van der Waals surface area contributed by atoms with E-state index in [9.17, 15) is 4.79 Å². The Hall–Kier alpha value is -1.85. The van der Waals surface area contributed by atoms with Gasteiger partial charge in [0.15, 0.2) is 0 Å². The molecule has 3 heterocycles. The van der Waals surface area contributed by atoms with E-state index >= 15 is 0 Å². The molecule has 0 saturated carbocycles. The van der Waals surface area contributed by atoms with Crippen molar-refractivity contribution in [1.29, 1.82) is 0 Å². The summed E-state index contributed by atoms with van der Waals surface area (Å²) >= 11 is 5.88. The number of nitrogens with one attached hydrogen (secondary N) is 1. The number of amides is 1. The number of fused-ring (bicyclic) bond motifs is 2. The second-order valence-electron chi connectivity index (χ2n) is 7.25. The predicted octanol–water partition coefficient (Wildman–Crippen LogP) is 2.94. The largest absolute Gasteiger partial charge is 0.349 e. The van der Waals surface area contributed by atoms with Crippen LogP contribution in [0.3, 0.4) is 0 Å². The molecule has 2 aromatic rings. The van der Waals surface area contributed by atoms with Crippen molar-refractivity contribution in [3.8, 4) is 0 Å². The molecule has 0 radical (unpaired) electrons. The first-order chi connectivity index (χ1) is 12.1. The van der Waals surface area contributed by atoms with Crippen LogP contribution in [0, 0.1) is 0 Å². The minimum absolute atomic E-state index is 0.0302. The molecule has 0 unspecified atom stereocenters. The average Bonchev–Trinajstić information content (AvgIpc) is 3.07. The normalized spacial score (nSPS) is 25.9. The molecule has 2 aliphatic heterocycles. The Kier molecular flexibility index (Phi) is 4.52. The molecule has 2 saturated heterocycles. The highest BCUT2D eigenvalue weighted by Crippen LogP contribution is 2.34. The van der Waals surface area contributed by atoms with Crippen LogP contribution in [0.25, 0.3) is 0 Å². The lowest BCUT2D eigenvalue weighted by Crippen LogP contribution is -2.48. The van der Waals surface area contributed by atoms with Crippen molar-refractivity contribution < 1.29 is 4.79 Å². The fraction of sp³-hybridized carbons (Fsp3) is 0.474. The Morgan fingerprint density at radius 3 is 2.52 bits per heavy atom. The van der Waals surface area contributed by atoms with E-state index < -0.39 is 0 Å². The van der Waals surface area contributed by atoms with Gasteiger partial charge in [-0.25, -0.2) is 0 Å². The van der Waals surface area contributed by atoms with E-state index in [4.69, 9.17) is 11.6 Å². The van der Waals surface area contributed by atoms with Crippen molar-refractivity contribution in [2.24, 2.45) is 0 Å². The highest BCUT2D eigenvalue weighted by atomic mass is 35.5. The van der Waals surface area contributed by atoms with Crippen LogP contribution in [-0.2, 0) is 6.54 Å². The third-order valence-electron chi connectivity index (χ3n) is 5.60. The van der Waals surface area contributed by atoms with Gasteiger partial charge in [0, 0.05) is 29.9 Å². The van der Waals surface area contributed by atoms with Gasteiger partial charge in [-0.15, -0.1) is 0 Å². The zero-order valence-corrected chi connectivity index (χ0v) is 15.1. The van der Waals surface area contributed by atoms with Crippen molar-refractivity contribution in [3.05, 3.63) is 52.8 Å². The molecular formula is C19H23ClN4O. The number of rotatable bonds is 4. The SMILES string of the molecule is CN1[C@H]2CC[C@H]1CC(NC(=O)c1ccc(Cn3cc(Cl)cn3)cc1)C2. The third-order valence-corrected chi connectivity index (χ3v) is 5.79. The smallest absolute Gasteiger partial charge is 0.251 e. The van der Waals surface area contributed by atoms with E-state index in [1.807, 2.05) is 24.3 Å². The first kappa shape index (κ1) is 16.6. The minimum atomic E-state index is 0.0302. The summed E-state index contributed by atoms with van der Waals surface area (Å²) in [7, 11) is 2.21. The Morgan fingerprint density at radius 2 is 1.92 bits per heavy atom. The first-order valence-corrected chi connectivity index (χ1v) is 9.26. The van der Waals surface area contributed by atoms with Crippen molar-refractivity contribution >= 4 is 17.5 Å². The number of carbonyl (C=O) groups is 1. The Bertz CT molecular complexity index is 743. The number of aromatic nitrogens is 2. The Labute approximate surface area is 153 Å². The number of piperidine rings is 1. The molecule has 1 aromatic carbocycles. The van der Waals surface area contributed by atoms with Gasteiger partial charge in [0.25, 0.3) is 5.91 Å². The minimum Gasteiger partial charge on any atom is -0.349 e. The highest BCUT2D eigenvalue weighted by molar-refractivity contribution is 6.30. The van der Waals surface area contributed by atoms with Crippen LogP contribution in [-0.4, -0.2) is 45.8 Å². The van der Waals surface area contributed by atoms with Crippen LogP contribution in [0.2, 0.25) is 5.02 Å². The van der Waals surface area contributed by atoms with Crippen LogP contribution >= 0.6 is 11.6 Å². The zero-order chi connectivity index (χ0) is 17.4. The quantitative estimate of drug-likeness (QED) is 0.914. The summed E-state index contributed by atoms with van der Waals surface area (Å²) in [6.07, 6.45) is 8.07. The van der Waals surface area contributed by atoms with Gasteiger partial charge in [-0.3, -0.25) is 9.48 Å². The zero-order valence-electron chi connectivity index (χ0n) is 14.4. The molecule has 1 aromatic heterocycles. The number of benzene rings is 1. The monoisotopic (exact) mass is 358 g/mol. The number of hydrogen-bond acceptors (Lipinski definition) is 3. The van der Waals surface area contributed by atoms with Crippen LogP contribution < -0.4 is 5.32 Å². The highest BCUT2D eigenvalue weighted by Gasteiger charge is 2.38. The lowest BCUT2D eigenvalue weighted by Gasteiger charge is -2.36. The van der Waals surface area contributed by atoms with Gasteiger partial charge >= 0.3 is 0 Å². The van der Waals surface area contributed by atoms with E-state index in [1.165, 1.54) is 12.8 Å². The molecule has 5 nitrogen and oxygen atoms in total. The van der Waals surface area contributed by atoms with Crippen LogP contribution in [0.15, 0.2) is 36.7 Å². The van der Waals surface area contributed by atoms with Gasteiger partial charge in [-0.2, -0.15) is 5.10 Å². The molecule has 2 bridgehead atoms. The standard InChI is InChI=1S/C19H23ClN4O/c1-23-17-6-7-18(23)9-16(8-17)22-19(25)14-4-2-13(3-5-14)11-24-12-15(20)10-21-24/h2-5,10,12,16-18H,6-9,11H2,1H3,(H,22,25)/t17-,18-/m0/s1. The van der Waals surface area contributed by atoms with Gasteiger partial charge < -0.3 is 10.2 Å². The summed E-state index contributed by atoms with van der Waals surface area (Å²) in [5.41, 5.74) is 1.81. The topological polar surface area (TPSA) is 50.2 Å². The molecule has 1 N–H and O–H groups in total. The fourth-order valence-corrected chi connectivity index (χ4v) is 4.33. The third kappa shape index (κ3) is 3.58. The van der Waals surface area contributed by atoms with Crippen molar-refractivity contribution in [2.45, 2.75) is 50.4 Å². The van der Waals surface area contributed by atoms with Crippen molar-refractivity contribution in [3.63, 3.8) is 0 Å². The van der Waals surface area contributed by atoms with Gasteiger partial charge in [-0.05, 0) is 50.4 Å². The summed E-state index contributed by atoms with van der Waals surface area (Å²) in [4.78, 5) is 15.0. The van der Waals surface area contributed by atoms with Crippen LogP contribution in [0.5, 0.6) is 0 Å². The summed E-state index contributed by atoms with van der Waals surface area (Å²) in [6.45, 7) is 0.646. The lowest BCUT2D eigenvalue weighted by molar-refractivity contribution is 0.0882. The first-order valence-electron chi connectivity index (χ1n) is 8.88. The van der Waals surface area contributed by atoms with Gasteiger partial charge in [0.2, 0.25) is 0 Å². The molecule has 1 amide bonds. The van der Waals surface area contributed by atoms with Crippen LogP contribution in [0.1, 0.15) is 41.6 Å². The van der Waals surface area contributed by atoms with E-state index in [0.29, 0.717) is 35.3 Å². The number of halogens is 1. The van der Waals surface area contributed by atoms with E-state index in [-0.39, 0.29) is 5.91 Å². The predicted molar refractivity (Wildman–Crippen MR) is 97.8 cm³/mol. The maximum atomic E-state index is 12.5. The lowest BCUT2D eigenvalue weighted by atomic mass is 9.97. The second-order valence-corrected chi connectivity index (χ2v) is 7.68. The van der Waals surface area contributed by atoms with Gasteiger partial charge in [0.1, 0.15) is 0 Å². The summed E-state index contributed by atoms with van der Waals surface area (Å²) in [5.74, 6) is 0.0302. The maximum absolute atomic E-state index is 12.5. The molecule has 2 fully saturated rings. The molecule has 0 aliphatic carbocycles. The molecule has 2 atom stereocenters. The summed E-state index contributed by atoms with van der Waals surface area (Å²) in [5, 5.41) is 8.03. The van der Waals surface area contributed by atoms with E-state index in [0.717, 1.165) is 18.4 Å². The van der Waals surface area contributed by atoms with Gasteiger partial charge in [-0.1, -0.05) is 23.7 Å². The molecule has 4 rings (SSSR count). The Balaban J connectivity index is 1.36. The van der Waals surface area contributed by atoms with Crippen molar-refractivity contribution in [1.82, 2.24) is 20.0 Å². The number of nitrogens with zero attached hydrogens (tertiary/aromatic N) is 3. The number of carbonyl (C=O) groups excluding carboxylic acids is 1. The maximum Gasteiger partial charge on any atom is 0.251 e.